The Balaban J connectivity index is 1.83. The second kappa shape index (κ2) is 6.58. The summed E-state index contributed by atoms with van der Waals surface area (Å²) < 4.78 is 1.55. The molecule has 2 aromatic heterocycles. The molecule has 1 aliphatic rings. The number of nitrogens with one attached hydrogen (secondary N) is 1. The van der Waals surface area contributed by atoms with Gasteiger partial charge in [-0.1, -0.05) is 18.5 Å². The van der Waals surface area contributed by atoms with Crippen molar-refractivity contribution in [3.63, 3.8) is 0 Å². The summed E-state index contributed by atoms with van der Waals surface area (Å²) in [6.45, 7) is 5.78. The lowest BCUT2D eigenvalue weighted by Crippen LogP contribution is -2.24. The molecule has 0 saturated heterocycles. The number of hydrogen-bond acceptors (Lipinski definition) is 4. The summed E-state index contributed by atoms with van der Waals surface area (Å²) in [5.74, 6) is 0.427. The van der Waals surface area contributed by atoms with Crippen LogP contribution >= 0.6 is 22.9 Å². The fourth-order valence-electron chi connectivity index (χ4n) is 2.95. The van der Waals surface area contributed by atoms with E-state index in [4.69, 9.17) is 11.6 Å². The zero-order chi connectivity index (χ0) is 17.4. The molecule has 3 rings (SSSR count). The predicted molar refractivity (Wildman–Crippen MR) is 95.5 cm³/mol. The van der Waals surface area contributed by atoms with Gasteiger partial charge in [0.15, 0.2) is 0 Å². The molecular weight excluding hydrogens is 344 g/mol. The number of nitrogens with zero attached hydrogens (tertiary/aromatic N) is 3. The largest absolute Gasteiger partial charge is 0.315 e. The second-order valence-electron chi connectivity index (χ2n) is 6.38. The third-order valence-electron chi connectivity index (χ3n) is 4.49. The Kier molecular flexibility index (Phi) is 4.66. The molecule has 0 unspecified atom stereocenters. The summed E-state index contributed by atoms with van der Waals surface area (Å²) >= 11 is 7.54. The molecule has 7 heteroatoms. The third-order valence-corrected chi connectivity index (χ3v) is 6.03. The van der Waals surface area contributed by atoms with Gasteiger partial charge in [0.25, 0.3) is 0 Å². The molecule has 1 N–H and O–H groups in total. The molecule has 0 spiro atoms. The van der Waals surface area contributed by atoms with E-state index in [-0.39, 0.29) is 5.91 Å². The minimum atomic E-state index is -0.499. The molecule has 24 heavy (non-hydrogen) atoms. The highest BCUT2D eigenvalue weighted by Gasteiger charge is 2.26. The van der Waals surface area contributed by atoms with Crippen molar-refractivity contribution in [1.82, 2.24) is 9.78 Å². The number of amides is 1. The number of carbonyl (C=O) groups is 1. The number of anilines is 1. The fraction of sp³-hybridized carbons (Fsp3) is 0.471. The molecule has 1 amide bonds. The third kappa shape index (κ3) is 3.06. The van der Waals surface area contributed by atoms with Gasteiger partial charge in [-0.05, 0) is 44.6 Å². The van der Waals surface area contributed by atoms with Gasteiger partial charge < -0.3 is 5.32 Å². The lowest BCUT2D eigenvalue weighted by atomic mass is 9.88. The van der Waals surface area contributed by atoms with Crippen LogP contribution < -0.4 is 5.32 Å². The van der Waals surface area contributed by atoms with E-state index >= 15 is 0 Å². The summed E-state index contributed by atoms with van der Waals surface area (Å²) in [5, 5.41) is 17.9. The Hall–Kier alpha value is -1.84. The van der Waals surface area contributed by atoms with Crippen LogP contribution in [0.1, 0.15) is 48.0 Å². The highest BCUT2D eigenvalue weighted by molar-refractivity contribution is 7.16. The number of halogens is 1. The van der Waals surface area contributed by atoms with E-state index in [9.17, 15) is 10.1 Å². The lowest BCUT2D eigenvalue weighted by Gasteiger charge is -2.17. The summed E-state index contributed by atoms with van der Waals surface area (Å²) in [6, 6.07) is 1.77. The van der Waals surface area contributed by atoms with Gasteiger partial charge in [-0.2, -0.15) is 10.4 Å². The molecule has 0 aromatic carbocycles. The Morgan fingerprint density at radius 2 is 2.38 bits per heavy atom. The van der Waals surface area contributed by atoms with E-state index in [1.807, 2.05) is 0 Å². The second-order valence-corrected chi connectivity index (χ2v) is 7.89. The standard InChI is InChI=1S/C17H19ClN4OS/c1-9-4-5-12-13(7-19)17(24-15(12)6-9)20-16(23)11(3)22-8-14(18)10(2)21-22/h8-9,11H,4-6H2,1-3H3,(H,20,23)/t9-,11-/m1/s1. The van der Waals surface area contributed by atoms with Gasteiger partial charge in [0, 0.05) is 11.1 Å². The number of thiophene rings is 1. The van der Waals surface area contributed by atoms with Crippen molar-refractivity contribution >= 4 is 33.8 Å². The van der Waals surface area contributed by atoms with Gasteiger partial charge in [-0.15, -0.1) is 11.3 Å². The maximum absolute atomic E-state index is 12.6. The van der Waals surface area contributed by atoms with Crippen molar-refractivity contribution in [3.8, 4) is 6.07 Å². The van der Waals surface area contributed by atoms with Crippen molar-refractivity contribution in [2.24, 2.45) is 5.92 Å². The Morgan fingerprint density at radius 3 is 3.00 bits per heavy atom. The first-order valence-electron chi connectivity index (χ1n) is 7.97. The average Bonchev–Trinajstić information content (AvgIpc) is 3.05. The molecule has 2 atom stereocenters. The average molecular weight is 363 g/mol. The van der Waals surface area contributed by atoms with Gasteiger partial charge in [0.05, 0.1) is 16.3 Å². The van der Waals surface area contributed by atoms with Crippen LogP contribution in [0.4, 0.5) is 5.00 Å². The van der Waals surface area contributed by atoms with Crippen LogP contribution in [0.5, 0.6) is 0 Å². The molecule has 2 aromatic rings. The minimum absolute atomic E-state index is 0.197. The van der Waals surface area contributed by atoms with Crippen molar-refractivity contribution in [2.75, 3.05) is 5.32 Å². The molecule has 0 aliphatic heterocycles. The minimum Gasteiger partial charge on any atom is -0.315 e. The van der Waals surface area contributed by atoms with Crippen LogP contribution in [0.15, 0.2) is 6.20 Å². The van der Waals surface area contributed by atoms with Crippen molar-refractivity contribution in [2.45, 2.75) is 46.1 Å². The molecule has 2 heterocycles. The molecule has 0 radical (unpaired) electrons. The van der Waals surface area contributed by atoms with Crippen LogP contribution in [-0.2, 0) is 17.6 Å². The Labute approximate surface area is 150 Å². The molecule has 126 valence electrons. The van der Waals surface area contributed by atoms with Gasteiger partial charge in [0.2, 0.25) is 5.91 Å². The molecule has 0 bridgehead atoms. The number of fused-ring (bicyclic) bond motifs is 1. The van der Waals surface area contributed by atoms with Gasteiger partial charge in [-0.3, -0.25) is 9.48 Å². The lowest BCUT2D eigenvalue weighted by molar-refractivity contribution is -0.119. The van der Waals surface area contributed by atoms with E-state index in [0.717, 1.165) is 24.8 Å². The number of nitriles is 1. The van der Waals surface area contributed by atoms with Crippen molar-refractivity contribution < 1.29 is 4.79 Å². The maximum atomic E-state index is 12.6. The zero-order valence-electron chi connectivity index (χ0n) is 13.9. The predicted octanol–water partition coefficient (Wildman–Crippen LogP) is 4.10. The van der Waals surface area contributed by atoms with Crippen molar-refractivity contribution in [3.05, 3.63) is 32.9 Å². The van der Waals surface area contributed by atoms with E-state index < -0.39 is 6.04 Å². The topological polar surface area (TPSA) is 70.7 Å². The molecule has 5 nitrogen and oxygen atoms in total. The highest BCUT2D eigenvalue weighted by atomic mass is 35.5. The normalized spacial score (nSPS) is 17.9. The molecular formula is C17H19ClN4OS. The van der Waals surface area contributed by atoms with Crippen LogP contribution in [0.2, 0.25) is 5.02 Å². The first-order valence-corrected chi connectivity index (χ1v) is 9.17. The SMILES string of the molecule is Cc1nn([C@H](C)C(=O)Nc2sc3c(c2C#N)CC[C@@H](C)C3)cc1Cl. The summed E-state index contributed by atoms with van der Waals surface area (Å²) in [7, 11) is 0. The van der Waals surface area contributed by atoms with Crippen LogP contribution in [0.3, 0.4) is 0 Å². The Bertz CT molecular complexity index is 813. The first-order chi connectivity index (χ1) is 11.4. The zero-order valence-corrected chi connectivity index (χ0v) is 15.5. The first kappa shape index (κ1) is 17.0. The van der Waals surface area contributed by atoms with Gasteiger partial charge in [0.1, 0.15) is 17.1 Å². The summed E-state index contributed by atoms with van der Waals surface area (Å²) in [5.41, 5.74) is 2.42. The van der Waals surface area contributed by atoms with E-state index in [1.54, 1.807) is 24.7 Å². The van der Waals surface area contributed by atoms with Crippen LogP contribution in [0.25, 0.3) is 0 Å². The van der Waals surface area contributed by atoms with E-state index in [1.165, 1.54) is 16.2 Å². The summed E-state index contributed by atoms with van der Waals surface area (Å²) in [4.78, 5) is 13.8. The quantitative estimate of drug-likeness (QED) is 0.893. The van der Waals surface area contributed by atoms with Gasteiger partial charge in [-0.25, -0.2) is 0 Å². The Morgan fingerprint density at radius 1 is 1.62 bits per heavy atom. The highest BCUT2D eigenvalue weighted by Crippen LogP contribution is 2.39. The molecule has 1 aliphatic carbocycles. The van der Waals surface area contributed by atoms with Crippen LogP contribution in [-0.4, -0.2) is 15.7 Å². The number of rotatable bonds is 3. The smallest absolute Gasteiger partial charge is 0.249 e. The van der Waals surface area contributed by atoms with E-state index in [0.29, 0.717) is 27.2 Å². The number of aromatic nitrogens is 2. The number of aryl methyl sites for hydroxylation is 1. The van der Waals surface area contributed by atoms with E-state index in [2.05, 4.69) is 23.4 Å². The fourth-order valence-corrected chi connectivity index (χ4v) is 4.45. The summed E-state index contributed by atoms with van der Waals surface area (Å²) in [6.07, 6.45) is 4.63. The monoisotopic (exact) mass is 362 g/mol. The molecule has 0 saturated carbocycles. The van der Waals surface area contributed by atoms with Gasteiger partial charge >= 0.3 is 0 Å². The maximum Gasteiger partial charge on any atom is 0.249 e. The number of carbonyl (C=O) groups excluding carboxylic acids is 1. The molecule has 0 fully saturated rings. The van der Waals surface area contributed by atoms with Crippen LogP contribution in [0, 0.1) is 24.2 Å². The van der Waals surface area contributed by atoms with Crippen molar-refractivity contribution in [1.29, 1.82) is 5.26 Å². The number of hydrogen-bond donors (Lipinski definition) is 1.